The maximum absolute atomic E-state index is 4.27. The van der Waals surface area contributed by atoms with Gasteiger partial charge in [-0.05, 0) is 44.0 Å². The molecule has 0 aliphatic carbocycles. The van der Waals surface area contributed by atoms with Crippen molar-refractivity contribution >= 4 is 12.0 Å². The van der Waals surface area contributed by atoms with E-state index in [1.54, 1.807) is 0 Å². The molecular formula is C14H19N3. The third kappa shape index (κ3) is 1.95. The zero-order chi connectivity index (χ0) is 11.7. The van der Waals surface area contributed by atoms with Gasteiger partial charge in [0.15, 0.2) is 0 Å². The molecule has 3 rings (SSSR count). The summed E-state index contributed by atoms with van der Waals surface area (Å²) >= 11 is 0. The smallest absolute Gasteiger partial charge is 0.0895 e. The highest BCUT2D eigenvalue weighted by Gasteiger charge is 2.30. The van der Waals surface area contributed by atoms with Gasteiger partial charge < -0.3 is 10.2 Å². The van der Waals surface area contributed by atoms with Gasteiger partial charge in [-0.2, -0.15) is 0 Å². The van der Waals surface area contributed by atoms with Crippen molar-refractivity contribution in [3.63, 3.8) is 0 Å². The third-order valence-electron chi connectivity index (χ3n) is 3.87. The van der Waals surface area contributed by atoms with Gasteiger partial charge in [0.2, 0.25) is 0 Å². The summed E-state index contributed by atoms with van der Waals surface area (Å²) in [5.74, 6) is 0. The Balaban J connectivity index is 1.90. The zero-order valence-corrected chi connectivity index (χ0v) is 10.3. The first-order valence-corrected chi connectivity index (χ1v) is 6.40. The molecule has 0 aromatic heterocycles. The van der Waals surface area contributed by atoms with Gasteiger partial charge in [0, 0.05) is 17.8 Å². The number of aliphatic imine (C=N–C) groups is 1. The monoisotopic (exact) mass is 229 g/mol. The number of hydrogen-bond acceptors (Lipinski definition) is 3. The van der Waals surface area contributed by atoms with E-state index in [2.05, 4.69) is 46.4 Å². The molecule has 1 aromatic carbocycles. The van der Waals surface area contributed by atoms with Gasteiger partial charge in [0.05, 0.1) is 12.9 Å². The summed E-state index contributed by atoms with van der Waals surface area (Å²) in [5.41, 5.74) is 2.82. The van der Waals surface area contributed by atoms with Crippen molar-refractivity contribution in [3.8, 4) is 0 Å². The van der Waals surface area contributed by atoms with E-state index in [-0.39, 0.29) is 5.54 Å². The van der Waals surface area contributed by atoms with Crippen molar-refractivity contribution in [3.05, 3.63) is 29.8 Å². The molecule has 0 saturated carbocycles. The lowest BCUT2D eigenvalue weighted by Gasteiger charge is -2.26. The van der Waals surface area contributed by atoms with Crippen LogP contribution in [0.3, 0.4) is 0 Å². The molecule has 1 N–H and O–H groups in total. The minimum Gasteiger partial charge on any atom is -0.331 e. The largest absolute Gasteiger partial charge is 0.331 e. The Morgan fingerprint density at radius 3 is 3.06 bits per heavy atom. The van der Waals surface area contributed by atoms with Crippen molar-refractivity contribution in [2.45, 2.75) is 25.3 Å². The van der Waals surface area contributed by atoms with Gasteiger partial charge in [-0.3, -0.25) is 4.99 Å². The molecule has 2 aliphatic rings. The Hall–Kier alpha value is -1.35. The van der Waals surface area contributed by atoms with Crippen molar-refractivity contribution in [2.75, 3.05) is 24.5 Å². The van der Waals surface area contributed by atoms with Gasteiger partial charge in [-0.1, -0.05) is 12.1 Å². The highest BCUT2D eigenvalue weighted by atomic mass is 15.2. The summed E-state index contributed by atoms with van der Waals surface area (Å²) in [4.78, 5) is 6.49. The van der Waals surface area contributed by atoms with Crippen LogP contribution in [-0.4, -0.2) is 26.0 Å². The van der Waals surface area contributed by atoms with Crippen LogP contribution in [0.2, 0.25) is 0 Å². The van der Waals surface area contributed by atoms with E-state index in [1.807, 2.05) is 6.34 Å². The SMILES string of the molecule is CC1(c2cccc(N3C=NCC3)c2)CCCN1. The molecule has 1 atom stereocenters. The molecule has 17 heavy (non-hydrogen) atoms. The maximum atomic E-state index is 4.27. The summed E-state index contributed by atoms with van der Waals surface area (Å²) in [6, 6.07) is 8.85. The molecule has 0 spiro atoms. The average molecular weight is 229 g/mol. The van der Waals surface area contributed by atoms with Gasteiger partial charge in [-0.25, -0.2) is 0 Å². The summed E-state index contributed by atoms with van der Waals surface area (Å²) in [6.07, 6.45) is 4.44. The number of anilines is 1. The van der Waals surface area contributed by atoms with Gasteiger partial charge in [-0.15, -0.1) is 0 Å². The molecule has 1 aromatic rings. The number of nitrogens with one attached hydrogen (secondary N) is 1. The Morgan fingerprint density at radius 2 is 2.35 bits per heavy atom. The molecule has 0 amide bonds. The van der Waals surface area contributed by atoms with Crippen LogP contribution in [0.5, 0.6) is 0 Å². The second-order valence-electron chi connectivity index (χ2n) is 5.13. The third-order valence-corrected chi connectivity index (χ3v) is 3.87. The van der Waals surface area contributed by atoms with E-state index in [0.717, 1.165) is 19.6 Å². The first-order valence-electron chi connectivity index (χ1n) is 6.40. The first-order chi connectivity index (χ1) is 8.28. The number of hydrogen-bond donors (Lipinski definition) is 1. The maximum Gasteiger partial charge on any atom is 0.0895 e. The second-order valence-corrected chi connectivity index (χ2v) is 5.13. The van der Waals surface area contributed by atoms with Crippen LogP contribution in [0.4, 0.5) is 5.69 Å². The lowest BCUT2D eigenvalue weighted by Crippen LogP contribution is -2.33. The lowest BCUT2D eigenvalue weighted by molar-refractivity contribution is 0.435. The highest BCUT2D eigenvalue weighted by Crippen LogP contribution is 2.32. The van der Waals surface area contributed by atoms with E-state index >= 15 is 0 Å². The molecule has 3 nitrogen and oxygen atoms in total. The van der Waals surface area contributed by atoms with Crippen molar-refractivity contribution in [2.24, 2.45) is 4.99 Å². The fraction of sp³-hybridized carbons (Fsp3) is 0.500. The van der Waals surface area contributed by atoms with Crippen LogP contribution < -0.4 is 10.2 Å². The van der Waals surface area contributed by atoms with E-state index in [0.29, 0.717) is 0 Å². The normalized spacial score (nSPS) is 27.9. The first kappa shape index (κ1) is 10.8. The van der Waals surface area contributed by atoms with Crippen LogP contribution >= 0.6 is 0 Å². The number of benzene rings is 1. The fourth-order valence-electron chi connectivity index (χ4n) is 2.74. The summed E-state index contributed by atoms with van der Waals surface area (Å²) < 4.78 is 0. The second kappa shape index (κ2) is 4.15. The summed E-state index contributed by atoms with van der Waals surface area (Å²) in [7, 11) is 0. The minimum atomic E-state index is 0.160. The molecule has 2 aliphatic heterocycles. The predicted octanol–water partition coefficient (Wildman–Crippen LogP) is 2.13. The van der Waals surface area contributed by atoms with Crippen LogP contribution in [0, 0.1) is 0 Å². The number of nitrogens with zero attached hydrogens (tertiary/aromatic N) is 2. The molecule has 3 heteroatoms. The molecule has 90 valence electrons. The van der Waals surface area contributed by atoms with Crippen molar-refractivity contribution < 1.29 is 0 Å². The Morgan fingerprint density at radius 1 is 1.41 bits per heavy atom. The highest BCUT2D eigenvalue weighted by molar-refractivity contribution is 5.81. The van der Waals surface area contributed by atoms with Gasteiger partial charge >= 0.3 is 0 Å². The molecule has 0 bridgehead atoms. The van der Waals surface area contributed by atoms with Crippen LogP contribution in [0.15, 0.2) is 29.3 Å². The van der Waals surface area contributed by atoms with Gasteiger partial charge in [0.1, 0.15) is 0 Å². The molecule has 0 radical (unpaired) electrons. The van der Waals surface area contributed by atoms with Crippen LogP contribution in [-0.2, 0) is 5.54 Å². The van der Waals surface area contributed by atoms with E-state index < -0.39 is 0 Å². The molecule has 2 heterocycles. The zero-order valence-electron chi connectivity index (χ0n) is 10.3. The topological polar surface area (TPSA) is 27.6 Å². The van der Waals surface area contributed by atoms with Crippen LogP contribution in [0.1, 0.15) is 25.3 Å². The Kier molecular flexibility index (Phi) is 2.63. The average Bonchev–Trinajstić information content (AvgIpc) is 3.01. The van der Waals surface area contributed by atoms with Crippen molar-refractivity contribution in [1.29, 1.82) is 0 Å². The number of rotatable bonds is 2. The summed E-state index contributed by atoms with van der Waals surface area (Å²) in [6.45, 7) is 5.36. The molecule has 1 unspecified atom stereocenters. The Labute approximate surface area is 103 Å². The quantitative estimate of drug-likeness (QED) is 0.841. The standard InChI is InChI=1S/C14H19N3/c1-14(6-3-7-16-14)12-4-2-5-13(10-12)17-9-8-15-11-17/h2,4-5,10-11,16H,3,6-9H2,1H3. The van der Waals surface area contributed by atoms with Crippen molar-refractivity contribution in [1.82, 2.24) is 5.32 Å². The molecule has 1 saturated heterocycles. The van der Waals surface area contributed by atoms with Crippen LogP contribution in [0.25, 0.3) is 0 Å². The molecule has 1 fully saturated rings. The lowest BCUT2D eigenvalue weighted by atomic mass is 9.90. The molecular weight excluding hydrogens is 210 g/mol. The van der Waals surface area contributed by atoms with Gasteiger partial charge in [0.25, 0.3) is 0 Å². The fourth-order valence-corrected chi connectivity index (χ4v) is 2.74. The van der Waals surface area contributed by atoms with E-state index in [1.165, 1.54) is 24.1 Å². The van der Waals surface area contributed by atoms with E-state index in [4.69, 9.17) is 0 Å². The minimum absolute atomic E-state index is 0.160. The summed E-state index contributed by atoms with van der Waals surface area (Å²) in [5, 5.41) is 3.61. The van der Waals surface area contributed by atoms with E-state index in [9.17, 15) is 0 Å². The Bertz CT molecular complexity index is 433. The predicted molar refractivity (Wildman–Crippen MR) is 71.7 cm³/mol.